The average molecular weight is 563 g/mol. The minimum atomic E-state index is -1.28. The lowest BCUT2D eigenvalue weighted by atomic mass is 10.1. The minimum Gasteiger partial charge on any atom is -0.499 e. The number of nitrogens with one attached hydrogen (secondary N) is 1. The Hall–Kier alpha value is -4.50. The van der Waals surface area contributed by atoms with E-state index in [4.69, 9.17) is 11.6 Å². The first-order chi connectivity index (χ1) is 18.6. The number of aromatic nitrogens is 3. The van der Waals surface area contributed by atoms with E-state index in [0.717, 1.165) is 32.0 Å². The Labute approximate surface area is 222 Å². The second-order valence-corrected chi connectivity index (χ2v) is 9.39. The summed E-state index contributed by atoms with van der Waals surface area (Å²) in [6.07, 6.45) is 3.29. The predicted octanol–water partition coefficient (Wildman–Crippen LogP) is 2.31. The molecular formula is C23H20ClFN6O8. The SMILES string of the molecule is O=C(O)c1cn(C2CC2)c2cc(N3CCNCC3)c(F)cc2c1=O.O=[N+]([O-])c1c(Cl)cc2c(no[n+]2[O-])c1O. The summed E-state index contributed by atoms with van der Waals surface area (Å²) in [5.41, 5.74) is -1.03. The summed E-state index contributed by atoms with van der Waals surface area (Å²) in [6.45, 7) is 2.96. The molecule has 6 rings (SSSR count). The van der Waals surface area contributed by atoms with Gasteiger partial charge in [-0.2, -0.15) is 0 Å². The van der Waals surface area contributed by atoms with Crippen LogP contribution in [0.5, 0.6) is 5.75 Å². The summed E-state index contributed by atoms with van der Waals surface area (Å²) in [5, 5.41) is 46.3. The van der Waals surface area contributed by atoms with Crippen molar-refractivity contribution in [3.05, 3.63) is 66.3 Å². The van der Waals surface area contributed by atoms with Crippen molar-refractivity contribution in [1.82, 2.24) is 15.0 Å². The maximum absolute atomic E-state index is 14.6. The lowest BCUT2D eigenvalue weighted by molar-refractivity contribution is -0.782. The van der Waals surface area contributed by atoms with Crippen LogP contribution >= 0.6 is 11.6 Å². The number of benzene rings is 2. The Morgan fingerprint density at radius 1 is 1.28 bits per heavy atom. The molecule has 1 aliphatic heterocycles. The second kappa shape index (κ2) is 9.99. The van der Waals surface area contributed by atoms with Crippen molar-refractivity contribution in [2.75, 3.05) is 31.1 Å². The Morgan fingerprint density at radius 2 is 1.97 bits per heavy atom. The van der Waals surface area contributed by atoms with Crippen LogP contribution in [0.15, 0.2) is 33.8 Å². The molecule has 0 atom stereocenters. The quantitative estimate of drug-likeness (QED) is 0.188. The Bertz CT molecular complexity index is 1700. The number of hydrogen-bond donors (Lipinski definition) is 3. The number of carbonyl (C=O) groups is 1. The largest absolute Gasteiger partial charge is 0.499 e. The summed E-state index contributed by atoms with van der Waals surface area (Å²) >= 11 is 5.51. The van der Waals surface area contributed by atoms with Crippen LogP contribution in [0.4, 0.5) is 15.8 Å². The van der Waals surface area contributed by atoms with Crippen molar-refractivity contribution in [3.8, 4) is 5.75 Å². The zero-order valence-corrected chi connectivity index (χ0v) is 20.7. The number of carboxylic acid groups (broad SMARTS) is 1. The molecule has 3 heterocycles. The fourth-order valence-electron chi connectivity index (χ4n) is 4.44. The predicted molar refractivity (Wildman–Crippen MR) is 135 cm³/mol. The number of nitro benzene ring substituents is 1. The average Bonchev–Trinajstić information content (AvgIpc) is 3.67. The third kappa shape index (κ3) is 4.77. The number of phenolic OH excluding ortho intramolecular Hbond substituents is 1. The van der Waals surface area contributed by atoms with Gasteiger partial charge in [-0.3, -0.25) is 19.5 Å². The number of aromatic hydroxyl groups is 1. The van der Waals surface area contributed by atoms with E-state index in [-0.39, 0.29) is 38.0 Å². The third-order valence-corrected chi connectivity index (χ3v) is 6.78. The smallest absolute Gasteiger partial charge is 0.341 e. The first-order valence-electron chi connectivity index (χ1n) is 11.7. The number of hydrogen-bond acceptors (Lipinski definition) is 10. The molecule has 0 unspecified atom stereocenters. The van der Waals surface area contributed by atoms with Crippen LogP contribution in [-0.4, -0.2) is 57.0 Å². The van der Waals surface area contributed by atoms with Gasteiger partial charge in [-0.1, -0.05) is 11.6 Å². The fourth-order valence-corrected chi connectivity index (χ4v) is 4.70. The summed E-state index contributed by atoms with van der Waals surface area (Å²) < 4.78 is 20.6. The zero-order chi connectivity index (χ0) is 28.0. The molecule has 0 bridgehead atoms. The van der Waals surface area contributed by atoms with Gasteiger partial charge < -0.3 is 30.2 Å². The van der Waals surface area contributed by atoms with Gasteiger partial charge in [0.05, 0.1) is 21.3 Å². The van der Waals surface area contributed by atoms with Gasteiger partial charge in [-0.25, -0.2) is 9.18 Å². The normalized spacial score (nSPS) is 15.3. The maximum Gasteiger partial charge on any atom is 0.341 e. The van der Waals surface area contributed by atoms with Crippen molar-refractivity contribution in [1.29, 1.82) is 0 Å². The van der Waals surface area contributed by atoms with Crippen molar-refractivity contribution in [2.24, 2.45) is 0 Å². The highest BCUT2D eigenvalue weighted by Crippen LogP contribution is 2.39. The number of pyridine rings is 1. The topological polar surface area (TPSA) is 191 Å². The van der Waals surface area contributed by atoms with E-state index in [9.17, 15) is 39.5 Å². The molecule has 0 spiro atoms. The molecule has 1 aliphatic carbocycles. The molecule has 3 N–H and O–H groups in total. The van der Waals surface area contributed by atoms with Gasteiger partial charge in [0.15, 0.2) is 0 Å². The summed E-state index contributed by atoms with van der Waals surface area (Å²) in [4.78, 5) is 35.3. The Balaban J connectivity index is 0.000000177. The van der Waals surface area contributed by atoms with Crippen LogP contribution in [-0.2, 0) is 0 Å². The van der Waals surface area contributed by atoms with Crippen molar-refractivity contribution >= 4 is 50.9 Å². The van der Waals surface area contributed by atoms with E-state index < -0.39 is 33.6 Å². The van der Waals surface area contributed by atoms with Gasteiger partial charge in [0.25, 0.3) is 11.3 Å². The number of halogens is 2. The molecule has 0 radical (unpaired) electrons. The van der Waals surface area contributed by atoms with Crippen LogP contribution in [0.2, 0.25) is 5.02 Å². The van der Waals surface area contributed by atoms with Crippen LogP contribution in [0.1, 0.15) is 29.2 Å². The van der Waals surface area contributed by atoms with Gasteiger partial charge in [-0.15, -0.1) is 0 Å². The molecule has 4 aromatic rings. The van der Waals surface area contributed by atoms with E-state index in [1.807, 2.05) is 9.47 Å². The van der Waals surface area contributed by atoms with Crippen LogP contribution < -0.4 is 20.5 Å². The van der Waals surface area contributed by atoms with Gasteiger partial charge in [0, 0.05) is 49.9 Å². The van der Waals surface area contributed by atoms with Crippen molar-refractivity contribution in [3.63, 3.8) is 0 Å². The maximum atomic E-state index is 14.6. The van der Waals surface area contributed by atoms with Crippen molar-refractivity contribution < 1.29 is 33.9 Å². The number of nitrogens with zero attached hydrogens (tertiary/aromatic N) is 5. The zero-order valence-electron chi connectivity index (χ0n) is 20.0. The number of aromatic carboxylic acids is 1. The molecule has 1 saturated carbocycles. The lowest BCUT2D eigenvalue weighted by Gasteiger charge is -2.30. The van der Waals surface area contributed by atoms with E-state index in [1.165, 1.54) is 12.3 Å². The van der Waals surface area contributed by atoms with Gasteiger partial charge in [0.1, 0.15) is 16.4 Å². The first-order valence-corrected chi connectivity index (χ1v) is 12.1. The monoisotopic (exact) mass is 562 g/mol. The number of carboxylic acids is 1. The number of piperazine rings is 1. The summed E-state index contributed by atoms with van der Waals surface area (Å²) in [5.74, 6) is -2.55. The summed E-state index contributed by atoms with van der Waals surface area (Å²) in [6, 6.07) is 4.08. The lowest BCUT2D eigenvalue weighted by Crippen LogP contribution is -2.43. The molecule has 2 fully saturated rings. The highest BCUT2D eigenvalue weighted by atomic mass is 35.5. The number of phenols is 1. The molecule has 2 aromatic heterocycles. The molecule has 0 amide bonds. The molecule has 204 valence electrons. The third-order valence-electron chi connectivity index (χ3n) is 6.50. The van der Waals surface area contributed by atoms with Gasteiger partial charge in [-0.05, 0) is 29.9 Å². The minimum absolute atomic E-state index is 0.00927. The number of anilines is 1. The Kier molecular flexibility index (Phi) is 6.69. The van der Waals surface area contributed by atoms with Gasteiger partial charge in [0.2, 0.25) is 10.9 Å². The van der Waals surface area contributed by atoms with E-state index >= 15 is 0 Å². The van der Waals surface area contributed by atoms with Crippen molar-refractivity contribution in [2.45, 2.75) is 18.9 Å². The van der Waals surface area contributed by atoms with Gasteiger partial charge >= 0.3 is 11.7 Å². The van der Waals surface area contributed by atoms with E-state index in [1.54, 1.807) is 6.07 Å². The number of nitro groups is 1. The summed E-state index contributed by atoms with van der Waals surface area (Å²) in [7, 11) is 0. The number of rotatable bonds is 4. The molecule has 39 heavy (non-hydrogen) atoms. The molecule has 14 nitrogen and oxygen atoms in total. The first kappa shape index (κ1) is 26.1. The molecule has 1 saturated heterocycles. The van der Waals surface area contributed by atoms with E-state index in [2.05, 4.69) is 15.1 Å². The van der Waals surface area contributed by atoms with Crippen LogP contribution in [0.3, 0.4) is 0 Å². The second-order valence-electron chi connectivity index (χ2n) is 8.98. The Morgan fingerprint density at radius 3 is 2.59 bits per heavy atom. The highest BCUT2D eigenvalue weighted by Gasteiger charge is 2.29. The number of fused-ring (bicyclic) bond motifs is 2. The highest BCUT2D eigenvalue weighted by molar-refractivity contribution is 6.33. The fraction of sp³-hybridized carbons (Fsp3) is 0.304. The van der Waals surface area contributed by atoms with E-state index in [0.29, 0.717) is 24.3 Å². The molecule has 2 aromatic carbocycles. The van der Waals surface area contributed by atoms with Crippen LogP contribution in [0.25, 0.3) is 21.9 Å². The van der Waals surface area contributed by atoms with Crippen LogP contribution in [0, 0.1) is 21.1 Å². The molecular weight excluding hydrogens is 543 g/mol. The molecule has 16 heteroatoms. The standard InChI is InChI=1S/C17H18FN3O3.C6H2ClN3O5/c18-13-7-11-14(8-15(13)20-5-3-19-4-6-20)21(10-1-2-10)9-12(16(11)22)17(23)24;7-2-1-3-4(8-15-10(3)14)6(11)5(2)9(12)13/h7-10,19H,1-6H2,(H,23,24);1,11H. The molecule has 2 aliphatic rings.